The zero-order chi connectivity index (χ0) is 45.5. The van der Waals surface area contributed by atoms with Gasteiger partial charge in [0.1, 0.15) is 37.2 Å². The van der Waals surface area contributed by atoms with Crippen molar-refractivity contribution in [1.82, 2.24) is 20.0 Å². The number of carbonyl (C=O) groups is 4. The lowest BCUT2D eigenvalue weighted by molar-refractivity contribution is -0.160. The van der Waals surface area contributed by atoms with Gasteiger partial charge in [0.05, 0.1) is 49.5 Å². The molecule has 59 heavy (non-hydrogen) atoms. The molecule has 3 amide bonds. The molecule has 0 aromatic heterocycles. The molecule has 0 spiro atoms. The lowest BCUT2D eigenvalue weighted by atomic mass is 9.89. The Morgan fingerprint density at radius 2 is 1.51 bits per heavy atom. The van der Waals surface area contributed by atoms with Gasteiger partial charge in [-0.1, -0.05) is 54.9 Å². The summed E-state index contributed by atoms with van der Waals surface area (Å²) in [4.78, 5) is 58.6. The third-order valence-electron chi connectivity index (χ3n) is 11.4. The van der Waals surface area contributed by atoms with Crippen LogP contribution in [0, 0.1) is 23.7 Å². The average molecular weight is 851 g/mol. The monoisotopic (exact) mass is 851 g/mol. The number of aliphatic hydroxyl groups is 8. The Morgan fingerprint density at radius 3 is 2.00 bits per heavy atom. The Labute approximate surface area is 348 Å². The van der Waals surface area contributed by atoms with Gasteiger partial charge in [-0.3, -0.25) is 19.3 Å². The molecule has 1 saturated heterocycles. The first kappa shape index (κ1) is 54.0. The van der Waals surface area contributed by atoms with E-state index < -0.39 is 109 Å². The van der Waals surface area contributed by atoms with Crippen LogP contribution in [0.25, 0.3) is 0 Å². The van der Waals surface area contributed by atoms with Crippen LogP contribution in [-0.2, 0) is 33.4 Å². The van der Waals surface area contributed by atoms with Crippen LogP contribution in [0.3, 0.4) is 0 Å². The molecule has 0 bridgehead atoms. The van der Waals surface area contributed by atoms with E-state index >= 15 is 0 Å². The molecule has 9 N–H and O–H groups in total. The van der Waals surface area contributed by atoms with Crippen LogP contribution >= 0.6 is 0 Å². The molecule has 19 heteroatoms. The van der Waals surface area contributed by atoms with Gasteiger partial charge in [0.15, 0.2) is 11.5 Å². The fourth-order valence-electron chi connectivity index (χ4n) is 7.81. The van der Waals surface area contributed by atoms with Crippen molar-refractivity contribution < 1.29 is 74.2 Å². The van der Waals surface area contributed by atoms with Gasteiger partial charge in [0.2, 0.25) is 24.0 Å². The summed E-state index contributed by atoms with van der Waals surface area (Å²) in [7, 11) is 6.14. The summed E-state index contributed by atoms with van der Waals surface area (Å²) in [5.74, 6) is -4.57. The summed E-state index contributed by atoms with van der Waals surface area (Å²) in [5.41, 5.74) is 0. The number of rotatable bonds is 27. The fourth-order valence-corrected chi connectivity index (χ4v) is 7.81. The normalized spacial score (nSPS) is 21.4. The highest BCUT2D eigenvalue weighted by atomic mass is 16.6. The molecule has 0 aromatic carbocycles. The first-order valence-electron chi connectivity index (χ1n) is 20.4. The topological polar surface area (TPSA) is 280 Å². The van der Waals surface area contributed by atoms with Gasteiger partial charge < -0.3 is 75.0 Å². The van der Waals surface area contributed by atoms with E-state index in [1.807, 2.05) is 13.8 Å². The molecule has 13 unspecified atom stereocenters. The molecule has 0 aromatic rings. The van der Waals surface area contributed by atoms with E-state index in [1.54, 1.807) is 46.6 Å². The molecule has 13 atom stereocenters. The second-order valence-electron chi connectivity index (χ2n) is 16.4. The van der Waals surface area contributed by atoms with Gasteiger partial charge in [0, 0.05) is 40.3 Å². The van der Waals surface area contributed by atoms with Crippen molar-refractivity contribution in [3.8, 4) is 0 Å². The zero-order valence-electron chi connectivity index (χ0n) is 36.7. The zero-order valence-corrected chi connectivity index (χ0v) is 36.7. The molecule has 1 rings (SSSR count). The summed E-state index contributed by atoms with van der Waals surface area (Å²) >= 11 is 0. The summed E-state index contributed by atoms with van der Waals surface area (Å²) in [6, 6.07) is -2.83. The van der Waals surface area contributed by atoms with Crippen molar-refractivity contribution in [1.29, 1.82) is 0 Å². The SMILES string of the molecule is CCC(C)C(C(CC(=O)N1CCCC1C(OC)C(C)C=O)OC)N(C)C(=O)C(NC(=O)C(C(C)C)N(C)CC(O)C(O)C(O)C(O)COC(O)/C(O)=C(/O)CO)C(C)C. The minimum atomic E-state index is -2.17. The number of hydrogen-bond donors (Lipinski definition) is 9. The number of carbonyl (C=O) groups excluding carboxylic acids is 4. The Kier molecular flexibility index (Phi) is 23.6. The van der Waals surface area contributed by atoms with Crippen molar-refractivity contribution in [3.05, 3.63) is 11.5 Å². The van der Waals surface area contributed by atoms with Crippen LogP contribution in [-0.4, -0.2) is 201 Å². The van der Waals surface area contributed by atoms with E-state index in [2.05, 4.69) is 5.32 Å². The summed E-state index contributed by atoms with van der Waals surface area (Å²) < 4.78 is 16.4. The third kappa shape index (κ3) is 14.9. The number of aldehydes is 1. The van der Waals surface area contributed by atoms with Crippen LogP contribution in [0.15, 0.2) is 11.5 Å². The second kappa shape index (κ2) is 25.7. The lowest BCUT2D eigenvalue weighted by Crippen LogP contribution is -2.60. The average Bonchev–Trinajstić information content (AvgIpc) is 3.69. The largest absolute Gasteiger partial charge is 0.506 e. The van der Waals surface area contributed by atoms with Crippen molar-refractivity contribution in [3.63, 3.8) is 0 Å². The highest BCUT2D eigenvalue weighted by Gasteiger charge is 2.43. The number of ether oxygens (including phenoxy) is 3. The number of amides is 3. The molecule has 19 nitrogen and oxygen atoms in total. The highest BCUT2D eigenvalue weighted by molar-refractivity contribution is 5.90. The van der Waals surface area contributed by atoms with Crippen LogP contribution in [0.1, 0.15) is 74.1 Å². The molecule has 1 aliphatic rings. The number of hydrogen-bond acceptors (Lipinski definition) is 16. The third-order valence-corrected chi connectivity index (χ3v) is 11.4. The number of nitrogens with zero attached hydrogens (tertiary/aromatic N) is 3. The summed E-state index contributed by atoms with van der Waals surface area (Å²) in [6.45, 7) is 11.0. The van der Waals surface area contributed by atoms with Gasteiger partial charge in [-0.25, -0.2) is 0 Å². The highest BCUT2D eigenvalue weighted by Crippen LogP contribution is 2.29. The van der Waals surface area contributed by atoms with E-state index in [0.29, 0.717) is 19.4 Å². The van der Waals surface area contributed by atoms with Crippen molar-refractivity contribution in [2.24, 2.45) is 23.7 Å². The van der Waals surface area contributed by atoms with E-state index in [0.717, 1.165) is 12.7 Å². The van der Waals surface area contributed by atoms with Gasteiger partial charge in [-0.15, -0.1) is 0 Å². The molecule has 1 aliphatic heterocycles. The van der Waals surface area contributed by atoms with Crippen molar-refractivity contribution in [2.45, 2.75) is 141 Å². The van der Waals surface area contributed by atoms with Crippen LogP contribution in [0.2, 0.25) is 0 Å². The Hall–Kier alpha value is -2.98. The van der Waals surface area contributed by atoms with Gasteiger partial charge in [-0.2, -0.15) is 0 Å². The number of aliphatic hydroxyl groups excluding tert-OH is 8. The molecule has 1 fully saturated rings. The second-order valence-corrected chi connectivity index (χ2v) is 16.4. The molecule has 0 saturated carbocycles. The maximum absolute atomic E-state index is 14.4. The number of likely N-dealkylation sites (N-methyl/N-ethyl adjacent to an activating group) is 2. The smallest absolute Gasteiger partial charge is 0.245 e. The van der Waals surface area contributed by atoms with E-state index in [1.165, 1.54) is 31.1 Å². The number of nitrogens with one attached hydrogen (secondary N) is 1. The van der Waals surface area contributed by atoms with Crippen molar-refractivity contribution >= 4 is 24.0 Å². The standard InChI is InChI=1S/C40H74N4O15/c1-12-23(6)33(29(57-10)16-30(50)44-15-13-14-25(44)37(58-11)24(7)18-45)43(9)39(55)31(21(2)3)41-38(54)32(22(4)5)42(8)17-26(47)34(51)35(52)28(49)20-59-40(56)36(53)27(48)19-46/h18,21-26,28-29,31-35,37,40,46-49,51-53,56H,12-17,19-20H2,1-11H3,(H,41,54)/b36-27-. The maximum atomic E-state index is 14.4. The van der Waals surface area contributed by atoms with Crippen LogP contribution in [0.4, 0.5) is 0 Å². The number of likely N-dealkylation sites (tertiary alicyclic amines) is 1. The van der Waals surface area contributed by atoms with Crippen molar-refractivity contribution in [2.75, 3.05) is 54.6 Å². The first-order valence-corrected chi connectivity index (χ1v) is 20.4. The van der Waals surface area contributed by atoms with Gasteiger partial charge in [0.25, 0.3) is 0 Å². The van der Waals surface area contributed by atoms with E-state index in [-0.39, 0.29) is 36.8 Å². The van der Waals surface area contributed by atoms with Gasteiger partial charge in [-0.05, 0) is 37.6 Å². The minimum absolute atomic E-state index is 0.0323. The summed E-state index contributed by atoms with van der Waals surface area (Å²) in [5, 5.41) is 82.7. The molecule has 0 aliphatic carbocycles. The Morgan fingerprint density at radius 1 is 0.915 bits per heavy atom. The van der Waals surface area contributed by atoms with E-state index in [9.17, 15) is 54.9 Å². The quantitative estimate of drug-likeness (QED) is 0.0281. The first-order chi connectivity index (χ1) is 27.6. The predicted molar refractivity (Wildman–Crippen MR) is 216 cm³/mol. The Bertz CT molecular complexity index is 1340. The molecule has 1 heterocycles. The Balaban J connectivity index is 3.19. The predicted octanol–water partition coefficient (Wildman–Crippen LogP) is -0.699. The molecular weight excluding hydrogens is 776 g/mol. The van der Waals surface area contributed by atoms with E-state index in [4.69, 9.17) is 19.3 Å². The molecular formula is C40H74N4O15. The molecule has 0 radical (unpaired) electrons. The minimum Gasteiger partial charge on any atom is -0.506 e. The number of methoxy groups -OCH3 is 2. The lowest BCUT2D eigenvalue weighted by Gasteiger charge is -2.41. The molecule has 344 valence electrons. The fraction of sp³-hybridized carbons (Fsp3) is 0.850. The van der Waals surface area contributed by atoms with Crippen LogP contribution in [0.5, 0.6) is 0 Å². The summed E-state index contributed by atoms with van der Waals surface area (Å²) in [6.07, 6.45) is -8.08. The van der Waals surface area contributed by atoms with Crippen LogP contribution < -0.4 is 5.32 Å². The maximum Gasteiger partial charge on any atom is 0.245 e. The van der Waals surface area contributed by atoms with Gasteiger partial charge >= 0.3 is 0 Å².